The Balaban J connectivity index is 1.55. The van der Waals surface area contributed by atoms with Crippen molar-refractivity contribution in [2.24, 2.45) is 5.92 Å². The van der Waals surface area contributed by atoms with Crippen LogP contribution in [0.15, 0.2) is 66.9 Å². The molecule has 1 heterocycles. The van der Waals surface area contributed by atoms with Gasteiger partial charge in [-0.15, -0.1) is 0 Å². The highest BCUT2D eigenvalue weighted by Gasteiger charge is 2.30. The molecule has 0 bridgehead atoms. The fourth-order valence-corrected chi connectivity index (χ4v) is 4.35. The molecule has 0 unspecified atom stereocenters. The Bertz CT molecular complexity index is 924. The van der Waals surface area contributed by atoms with Crippen LogP contribution < -0.4 is 0 Å². The zero-order valence-electron chi connectivity index (χ0n) is 16.6. The smallest absolute Gasteiger partial charge is 0.0705 e. The number of aryl methyl sites for hydroxylation is 1. The number of hydrogen-bond acceptors (Lipinski definition) is 1. The Hall–Kier alpha value is -2.28. The molecule has 1 aliphatic carbocycles. The van der Waals surface area contributed by atoms with Crippen molar-refractivity contribution in [1.29, 1.82) is 0 Å². The van der Waals surface area contributed by atoms with Crippen LogP contribution in [0.5, 0.6) is 0 Å². The van der Waals surface area contributed by atoms with E-state index in [4.69, 9.17) is 15.7 Å². The molecular weight excluding hydrogens is 336 g/mol. The van der Waals surface area contributed by atoms with E-state index in [1.165, 1.54) is 30.4 Å². The van der Waals surface area contributed by atoms with Crippen LogP contribution >= 0.6 is 0 Å². The van der Waals surface area contributed by atoms with Crippen LogP contribution in [0.3, 0.4) is 0 Å². The molecule has 0 amide bonds. The Morgan fingerprint density at radius 2 is 1.50 bits per heavy atom. The molecule has 3 heteroatoms. The van der Waals surface area contributed by atoms with Gasteiger partial charge in [-0.1, -0.05) is 97.5 Å². The molecule has 28 heavy (non-hydrogen) atoms. The van der Waals surface area contributed by atoms with Crippen LogP contribution in [-0.2, 0) is 5.21 Å². The maximum atomic E-state index is 6.57. The van der Waals surface area contributed by atoms with Crippen molar-refractivity contribution in [3.63, 3.8) is 0 Å². The molecule has 4 rings (SSSR count). The first-order valence-corrected chi connectivity index (χ1v) is 10.3. The second kappa shape index (κ2) is 7.99. The molecule has 136 valence electrons. The van der Waals surface area contributed by atoms with Crippen molar-refractivity contribution >= 4 is 15.7 Å². The lowest BCUT2D eigenvalue weighted by Crippen LogP contribution is -2.37. The minimum atomic E-state index is -0.744. The average molecular weight is 361 g/mol. The third-order valence-corrected chi connectivity index (χ3v) is 6.18. The summed E-state index contributed by atoms with van der Waals surface area (Å²) in [5.41, 5.74) is 6.66. The second-order valence-corrected chi connectivity index (χ2v) is 8.09. The summed E-state index contributed by atoms with van der Waals surface area (Å²) in [6.45, 7) is 2.11. The van der Waals surface area contributed by atoms with Gasteiger partial charge in [0.2, 0.25) is 0 Å². The van der Waals surface area contributed by atoms with E-state index in [9.17, 15) is 0 Å². The summed E-state index contributed by atoms with van der Waals surface area (Å²) >= 11 is 0. The van der Waals surface area contributed by atoms with E-state index >= 15 is 0 Å². The fraction of sp³-hybridized carbons (Fsp3) is 0.320. The number of pyridine rings is 1. The van der Waals surface area contributed by atoms with Gasteiger partial charge in [0, 0.05) is 17.3 Å². The Morgan fingerprint density at radius 3 is 2.14 bits per heavy atom. The SMILES string of the molecule is [B]C([B])(c1ccc(-c2ccc(-c3ccccc3C)nc2)cc1)C1CCCCC1. The zero-order valence-corrected chi connectivity index (χ0v) is 16.6. The lowest BCUT2D eigenvalue weighted by molar-refractivity contribution is 0.327. The summed E-state index contributed by atoms with van der Waals surface area (Å²) in [5.74, 6) is 0.363. The van der Waals surface area contributed by atoms with Crippen LogP contribution in [-0.4, -0.2) is 20.7 Å². The fourth-order valence-electron chi connectivity index (χ4n) is 4.35. The van der Waals surface area contributed by atoms with E-state index in [0.29, 0.717) is 5.92 Å². The van der Waals surface area contributed by atoms with Gasteiger partial charge in [-0.05, 0) is 30.0 Å². The highest BCUT2D eigenvalue weighted by atomic mass is 14.7. The van der Waals surface area contributed by atoms with Crippen LogP contribution in [0.4, 0.5) is 0 Å². The van der Waals surface area contributed by atoms with Crippen LogP contribution in [0.2, 0.25) is 0 Å². The largest absolute Gasteiger partial charge is 0.256 e. The van der Waals surface area contributed by atoms with Gasteiger partial charge >= 0.3 is 0 Å². The molecular formula is C25H25B2N. The molecule has 2 aromatic carbocycles. The molecule has 3 aromatic rings. The quantitative estimate of drug-likeness (QED) is 0.536. The van der Waals surface area contributed by atoms with Crippen molar-refractivity contribution in [2.45, 2.75) is 44.2 Å². The Labute approximate surface area is 171 Å². The highest BCUT2D eigenvalue weighted by molar-refractivity contribution is 6.40. The first-order chi connectivity index (χ1) is 13.6. The molecule has 0 saturated heterocycles. The van der Waals surface area contributed by atoms with E-state index in [1.807, 2.05) is 6.20 Å². The standard InChI is InChI=1S/C25H25B2N/c1-18-7-5-6-10-23(18)24-16-13-20(17-28-24)19-11-14-22(15-12-19)25(26,27)21-8-3-2-4-9-21/h5-7,10-17,21H,2-4,8-9H2,1H3. The lowest BCUT2D eigenvalue weighted by atomic mass is 9.43. The van der Waals surface area contributed by atoms with Gasteiger partial charge in [0.05, 0.1) is 21.4 Å². The maximum absolute atomic E-state index is 6.57. The zero-order chi connectivity index (χ0) is 19.6. The van der Waals surface area contributed by atoms with Gasteiger partial charge in [0.1, 0.15) is 0 Å². The van der Waals surface area contributed by atoms with Gasteiger partial charge in [-0.25, -0.2) is 0 Å². The van der Waals surface area contributed by atoms with E-state index < -0.39 is 5.21 Å². The van der Waals surface area contributed by atoms with Crippen LogP contribution in [0, 0.1) is 12.8 Å². The molecule has 0 aliphatic heterocycles. The maximum Gasteiger partial charge on any atom is 0.0705 e. The van der Waals surface area contributed by atoms with Crippen molar-refractivity contribution in [3.8, 4) is 22.4 Å². The van der Waals surface area contributed by atoms with Crippen LogP contribution in [0.1, 0.15) is 43.2 Å². The molecule has 1 saturated carbocycles. The van der Waals surface area contributed by atoms with E-state index in [-0.39, 0.29) is 0 Å². The number of benzene rings is 2. The van der Waals surface area contributed by atoms with Gasteiger partial charge < -0.3 is 0 Å². The van der Waals surface area contributed by atoms with E-state index in [2.05, 4.69) is 72.6 Å². The minimum absolute atomic E-state index is 0.363. The molecule has 0 N–H and O–H groups in total. The molecule has 1 nitrogen and oxygen atoms in total. The highest BCUT2D eigenvalue weighted by Crippen LogP contribution is 2.37. The predicted octanol–water partition coefficient (Wildman–Crippen LogP) is 5.79. The number of hydrogen-bond donors (Lipinski definition) is 0. The molecule has 1 fully saturated rings. The third-order valence-electron chi connectivity index (χ3n) is 6.18. The van der Waals surface area contributed by atoms with Gasteiger partial charge in [0.15, 0.2) is 0 Å². The second-order valence-electron chi connectivity index (χ2n) is 8.09. The van der Waals surface area contributed by atoms with Gasteiger partial charge in [0.25, 0.3) is 0 Å². The lowest BCUT2D eigenvalue weighted by Gasteiger charge is -2.38. The Kier molecular flexibility index (Phi) is 5.44. The summed E-state index contributed by atoms with van der Waals surface area (Å²) in [4.78, 5) is 4.68. The number of rotatable bonds is 4. The summed E-state index contributed by atoms with van der Waals surface area (Å²) in [6, 6.07) is 20.9. The van der Waals surface area contributed by atoms with Crippen molar-refractivity contribution in [1.82, 2.24) is 4.98 Å². The minimum Gasteiger partial charge on any atom is -0.256 e. The summed E-state index contributed by atoms with van der Waals surface area (Å²) in [7, 11) is 13.1. The summed E-state index contributed by atoms with van der Waals surface area (Å²) < 4.78 is 0. The first-order valence-electron chi connectivity index (χ1n) is 10.3. The van der Waals surface area contributed by atoms with Gasteiger partial charge in [-0.3, -0.25) is 4.98 Å². The molecule has 0 atom stereocenters. The van der Waals surface area contributed by atoms with Crippen molar-refractivity contribution in [3.05, 3.63) is 78.0 Å². The van der Waals surface area contributed by atoms with E-state index in [1.54, 1.807) is 0 Å². The van der Waals surface area contributed by atoms with Crippen molar-refractivity contribution < 1.29 is 0 Å². The first kappa shape index (κ1) is 19.1. The topological polar surface area (TPSA) is 12.9 Å². The Morgan fingerprint density at radius 1 is 0.821 bits per heavy atom. The molecule has 1 aliphatic rings. The van der Waals surface area contributed by atoms with Crippen LogP contribution in [0.25, 0.3) is 22.4 Å². The predicted molar refractivity (Wildman–Crippen MR) is 120 cm³/mol. The third kappa shape index (κ3) is 3.81. The molecule has 4 radical (unpaired) electrons. The monoisotopic (exact) mass is 361 g/mol. The molecule has 1 aromatic heterocycles. The molecule has 0 spiro atoms. The number of aromatic nitrogens is 1. The summed E-state index contributed by atoms with van der Waals surface area (Å²) in [5, 5.41) is -0.744. The summed E-state index contributed by atoms with van der Waals surface area (Å²) in [6.07, 6.45) is 7.96. The van der Waals surface area contributed by atoms with E-state index in [0.717, 1.165) is 35.2 Å². The number of nitrogens with zero attached hydrogens (tertiary/aromatic N) is 1. The van der Waals surface area contributed by atoms with Gasteiger partial charge in [-0.2, -0.15) is 0 Å². The van der Waals surface area contributed by atoms with Crippen molar-refractivity contribution in [2.75, 3.05) is 0 Å². The average Bonchev–Trinajstić information content (AvgIpc) is 2.75. The normalized spacial score (nSPS) is 15.5.